The minimum Gasteiger partial charge on any atom is -0.497 e. The van der Waals surface area contributed by atoms with Crippen LogP contribution in [0, 0.1) is 5.41 Å². The second-order valence-corrected chi connectivity index (χ2v) is 8.76. The predicted molar refractivity (Wildman–Crippen MR) is 117 cm³/mol. The highest BCUT2D eigenvalue weighted by atomic mass is 16.5. The molecule has 0 bridgehead atoms. The van der Waals surface area contributed by atoms with Crippen LogP contribution >= 0.6 is 0 Å². The van der Waals surface area contributed by atoms with E-state index in [1.165, 1.54) is 4.57 Å². The van der Waals surface area contributed by atoms with Crippen LogP contribution in [0.1, 0.15) is 50.7 Å². The van der Waals surface area contributed by atoms with Crippen molar-refractivity contribution < 1.29 is 14.3 Å². The van der Waals surface area contributed by atoms with Crippen LogP contribution in [0.15, 0.2) is 39.1 Å². The zero-order valence-corrected chi connectivity index (χ0v) is 18.4. The lowest BCUT2D eigenvalue weighted by Gasteiger charge is -2.39. The number of carbonyl (C=O) groups excluding carboxylic acids is 1. The van der Waals surface area contributed by atoms with Crippen molar-refractivity contribution >= 4 is 11.6 Å². The number of hydrogen-bond acceptors (Lipinski definition) is 6. The van der Waals surface area contributed by atoms with Gasteiger partial charge in [0, 0.05) is 29.8 Å². The Labute approximate surface area is 179 Å². The van der Waals surface area contributed by atoms with Crippen LogP contribution in [-0.4, -0.2) is 29.6 Å². The summed E-state index contributed by atoms with van der Waals surface area (Å²) in [5.74, 6) is 0.851. The highest BCUT2D eigenvalue weighted by molar-refractivity contribution is 6.01. The molecule has 0 radical (unpaired) electrons. The number of methoxy groups -OCH3 is 2. The van der Waals surface area contributed by atoms with E-state index in [1.54, 1.807) is 32.4 Å². The van der Waals surface area contributed by atoms with Crippen molar-refractivity contribution in [2.75, 3.05) is 19.5 Å². The molecule has 2 N–H and O–H groups in total. The van der Waals surface area contributed by atoms with Gasteiger partial charge in [-0.1, -0.05) is 13.8 Å². The van der Waals surface area contributed by atoms with Gasteiger partial charge in [-0.2, -0.15) is 0 Å². The SMILES string of the molecule is CCn1c2c(c(=O)[nH]c1=O)[C@H](c1cc(OC)ccc1OC)C1=C(CC(C)(C)CC1=O)N2. The topological polar surface area (TPSA) is 102 Å². The Morgan fingerprint density at radius 2 is 1.87 bits per heavy atom. The molecule has 2 aliphatic rings. The van der Waals surface area contributed by atoms with Crippen molar-refractivity contribution in [1.29, 1.82) is 0 Å². The standard InChI is InChI=1S/C23H27N3O5/c1-6-26-20-19(21(28)25-22(26)29)17(13-9-12(30-4)7-8-16(13)31-5)18-14(24-20)10-23(2,3)11-15(18)27/h7-9,17,24H,6,10-11H2,1-5H3,(H,25,28,29)/t17-/m1/s1. The smallest absolute Gasteiger partial charge is 0.329 e. The Morgan fingerprint density at radius 3 is 2.52 bits per heavy atom. The van der Waals surface area contributed by atoms with Crippen LogP contribution < -0.4 is 26.0 Å². The number of fused-ring (bicyclic) bond motifs is 1. The maximum atomic E-state index is 13.4. The normalized spacial score (nSPS) is 19.4. The molecule has 2 heterocycles. The van der Waals surface area contributed by atoms with Crippen LogP contribution in [0.25, 0.3) is 0 Å². The maximum Gasteiger partial charge on any atom is 0.329 e. The summed E-state index contributed by atoms with van der Waals surface area (Å²) in [6.45, 7) is 6.28. The van der Waals surface area contributed by atoms with Crippen LogP contribution in [0.2, 0.25) is 0 Å². The van der Waals surface area contributed by atoms with Crippen LogP contribution in [0.4, 0.5) is 5.82 Å². The molecule has 0 saturated carbocycles. The fourth-order valence-electron chi connectivity index (χ4n) is 4.74. The van der Waals surface area contributed by atoms with E-state index in [1.807, 2.05) is 20.8 Å². The highest BCUT2D eigenvalue weighted by Gasteiger charge is 2.43. The number of Topliss-reactive ketones (excluding diaryl/α,β-unsaturated/α-hetero) is 1. The van der Waals surface area contributed by atoms with Crippen molar-refractivity contribution in [2.45, 2.75) is 46.1 Å². The first-order chi connectivity index (χ1) is 14.7. The number of carbonyl (C=O) groups is 1. The summed E-state index contributed by atoms with van der Waals surface area (Å²) in [7, 11) is 3.11. The van der Waals surface area contributed by atoms with E-state index in [4.69, 9.17) is 9.47 Å². The van der Waals surface area contributed by atoms with Crippen molar-refractivity contribution in [2.24, 2.45) is 5.41 Å². The number of nitrogens with one attached hydrogen (secondary N) is 2. The Hall–Kier alpha value is -3.29. The molecule has 0 unspecified atom stereocenters. The van der Waals surface area contributed by atoms with E-state index < -0.39 is 17.2 Å². The quantitative estimate of drug-likeness (QED) is 0.781. The maximum absolute atomic E-state index is 13.4. The molecule has 0 fully saturated rings. The number of H-pyrrole nitrogens is 1. The third-order valence-electron chi connectivity index (χ3n) is 6.07. The van der Waals surface area contributed by atoms with Crippen molar-refractivity contribution in [3.63, 3.8) is 0 Å². The van der Waals surface area contributed by atoms with Crippen LogP contribution in [0.3, 0.4) is 0 Å². The molecule has 2 aromatic rings. The molecule has 4 rings (SSSR count). The number of benzene rings is 1. The lowest BCUT2D eigenvalue weighted by Crippen LogP contribution is -2.41. The minimum atomic E-state index is -0.679. The number of ketones is 1. The third kappa shape index (κ3) is 3.36. The van der Waals surface area contributed by atoms with Gasteiger partial charge >= 0.3 is 5.69 Å². The van der Waals surface area contributed by atoms with E-state index in [-0.39, 0.29) is 11.2 Å². The molecular weight excluding hydrogens is 398 g/mol. The Morgan fingerprint density at radius 1 is 1.13 bits per heavy atom. The Bertz CT molecular complexity index is 1220. The van der Waals surface area contributed by atoms with E-state index in [0.29, 0.717) is 53.4 Å². The molecule has 1 aliphatic carbocycles. The first-order valence-electron chi connectivity index (χ1n) is 10.3. The average molecular weight is 425 g/mol. The zero-order valence-electron chi connectivity index (χ0n) is 18.4. The molecule has 1 aromatic carbocycles. The van der Waals surface area contributed by atoms with E-state index in [9.17, 15) is 14.4 Å². The van der Waals surface area contributed by atoms with Gasteiger partial charge in [-0.3, -0.25) is 19.1 Å². The number of anilines is 1. The van der Waals surface area contributed by atoms with Gasteiger partial charge in [-0.05, 0) is 37.0 Å². The predicted octanol–water partition coefficient (Wildman–Crippen LogP) is 2.77. The fraction of sp³-hybridized carbons (Fsp3) is 0.435. The average Bonchev–Trinajstić information content (AvgIpc) is 2.71. The lowest BCUT2D eigenvalue weighted by atomic mass is 9.69. The minimum absolute atomic E-state index is 0.0204. The molecule has 164 valence electrons. The number of ether oxygens (including phenoxy) is 2. The zero-order chi connectivity index (χ0) is 22.5. The monoisotopic (exact) mass is 425 g/mol. The van der Waals surface area contributed by atoms with Gasteiger partial charge in [0.25, 0.3) is 5.56 Å². The van der Waals surface area contributed by atoms with Gasteiger partial charge in [-0.15, -0.1) is 0 Å². The summed E-state index contributed by atoms with van der Waals surface area (Å²) in [6, 6.07) is 5.32. The second-order valence-electron chi connectivity index (χ2n) is 8.76. The van der Waals surface area contributed by atoms with Crippen molar-refractivity contribution in [3.05, 3.63) is 61.4 Å². The molecule has 8 nitrogen and oxygen atoms in total. The largest absolute Gasteiger partial charge is 0.497 e. The van der Waals surface area contributed by atoms with Gasteiger partial charge < -0.3 is 14.8 Å². The molecule has 31 heavy (non-hydrogen) atoms. The molecule has 0 spiro atoms. The highest BCUT2D eigenvalue weighted by Crippen LogP contribution is 2.49. The summed E-state index contributed by atoms with van der Waals surface area (Å²) in [5.41, 5.74) is 1.04. The Kier molecular flexibility index (Phi) is 5.03. The van der Waals surface area contributed by atoms with Gasteiger partial charge in [-0.25, -0.2) is 4.79 Å². The summed E-state index contributed by atoms with van der Waals surface area (Å²) in [6.07, 6.45) is 0.998. The molecule has 0 amide bonds. The van der Waals surface area contributed by atoms with Gasteiger partial charge in [0.05, 0.1) is 25.7 Å². The lowest BCUT2D eigenvalue weighted by molar-refractivity contribution is -0.118. The summed E-state index contributed by atoms with van der Waals surface area (Å²) in [5, 5.41) is 3.28. The van der Waals surface area contributed by atoms with Crippen molar-refractivity contribution in [3.8, 4) is 11.5 Å². The first kappa shape index (κ1) is 21.0. The number of rotatable bonds is 4. The number of nitrogens with zero attached hydrogens (tertiary/aromatic N) is 1. The van der Waals surface area contributed by atoms with E-state index >= 15 is 0 Å². The third-order valence-corrected chi connectivity index (χ3v) is 6.07. The first-order valence-corrected chi connectivity index (χ1v) is 10.3. The molecular formula is C23H27N3O5. The van der Waals surface area contributed by atoms with E-state index in [2.05, 4.69) is 10.3 Å². The summed E-state index contributed by atoms with van der Waals surface area (Å²) in [4.78, 5) is 41.4. The number of hydrogen-bond donors (Lipinski definition) is 2. The number of aromatic nitrogens is 2. The van der Waals surface area contributed by atoms with Gasteiger partial charge in [0.1, 0.15) is 17.3 Å². The molecule has 0 saturated heterocycles. The molecule has 1 aliphatic heterocycles. The van der Waals surface area contributed by atoms with Gasteiger partial charge in [0.2, 0.25) is 0 Å². The van der Waals surface area contributed by atoms with Crippen molar-refractivity contribution in [1.82, 2.24) is 9.55 Å². The molecule has 1 atom stereocenters. The number of allylic oxidation sites excluding steroid dienone is 2. The van der Waals surface area contributed by atoms with E-state index in [0.717, 1.165) is 5.70 Å². The van der Waals surface area contributed by atoms with Crippen LogP contribution in [0.5, 0.6) is 11.5 Å². The summed E-state index contributed by atoms with van der Waals surface area (Å²) >= 11 is 0. The number of aromatic amines is 1. The fourth-order valence-corrected chi connectivity index (χ4v) is 4.74. The molecule has 8 heteroatoms. The summed E-state index contributed by atoms with van der Waals surface area (Å²) < 4.78 is 12.5. The van der Waals surface area contributed by atoms with Gasteiger partial charge in [0.15, 0.2) is 5.78 Å². The Balaban J connectivity index is 2.10. The molecule has 1 aromatic heterocycles. The van der Waals surface area contributed by atoms with Crippen LogP contribution in [-0.2, 0) is 11.3 Å². The second kappa shape index (κ2) is 7.44.